The number of hydrogen-bond donors (Lipinski definition) is 0. The van der Waals surface area contributed by atoms with Crippen LogP contribution in [0.1, 0.15) is 6.42 Å². The van der Waals surface area contributed by atoms with Crippen LogP contribution in [0.25, 0.3) is 0 Å². The van der Waals surface area contributed by atoms with Crippen LogP contribution < -0.4 is 0 Å². The monoisotopic (exact) mass is 174 g/mol. The van der Waals surface area contributed by atoms with Crippen LogP contribution in [0.5, 0.6) is 0 Å². The van der Waals surface area contributed by atoms with Gasteiger partial charge in [0.15, 0.2) is 5.78 Å². The van der Waals surface area contributed by atoms with Crippen molar-refractivity contribution in [3.05, 3.63) is 36.0 Å². The van der Waals surface area contributed by atoms with Crippen LogP contribution in [0.4, 0.5) is 0 Å². The first kappa shape index (κ1) is 8.17. The third-order valence-electron chi connectivity index (χ3n) is 2.51. The summed E-state index contributed by atoms with van der Waals surface area (Å²) in [5, 5.41) is 0. The predicted molar refractivity (Wildman–Crippen MR) is 49.0 cm³/mol. The molecule has 0 spiro atoms. The third-order valence-corrected chi connectivity index (χ3v) is 2.51. The molecule has 0 saturated heterocycles. The molecule has 0 saturated carbocycles. The van der Waals surface area contributed by atoms with Crippen LogP contribution in [-0.2, 0) is 9.59 Å². The van der Waals surface area contributed by atoms with E-state index in [-0.39, 0.29) is 17.6 Å². The zero-order valence-electron chi connectivity index (χ0n) is 7.14. The van der Waals surface area contributed by atoms with Gasteiger partial charge in [0.2, 0.25) is 0 Å². The first-order valence-electron chi connectivity index (χ1n) is 4.35. The van der Waals surface area contributed by atoms with E-state index in [0.717, 1.165) is 11.9 Å². The molecule has 0 aliphatic heterocycles. The molecule has 0 bridgehead atoms. The SMILES string of the molecule is O=CC1C=CC=C2CC(=O)C=CC21. The van der Waals surface area contributed by atoms with Gasteiger partial charge in [0.1, 0.15) is 6.29 Å². The van der Waals surface area contributed by atoms with Crippen LogP contribution in [-0.4, -0.2) is 12.1 Å². The fourth-order valence-corrected chi connectivity index (χ4v) is 1.82. The van der Waals surface area contributed by atoms with E-state index in [2.05, 4.69) is 0 Å². The van der Waals surface area contributed by atoms with Gasteiger partial charge in [-0.25, -0.2) is 0 Å². The lowest BCUT2D eigenvalue weighted by atomic mass is 9.78. The highest BCUT2D eigenvalue weighted by Crippen LogP contribution is 2.31. The molecule has 2 atom stereocenters. The normalized spacial score (nSPS) is 31.1. The van der Waals surface area contributed by atoms with Gasteiger partial charge >= 0.3 is 0 Å². The van der Waals surface area contributed by atoms with Gasteiger partial charge in [-0.3, -0.25) is 4.79 Å². The van der Waals surface area contributed by atoms with Crippen molar-refractivity contribution in [3.8, 4) is 0 Å². The number of carbonyl (C=O) groups excluding carboxylic acids is 2. The van der Waals surface area contributed by atoms with Crippen molar-refractivity contribution in [1.29, 1.82) is 0 Å². The van der Waals surface area contributed by atoms with Gasteiger partial charge in [-0.2, -0.15) is 0 Å². The molecule has 0 heterocycles. The Hall–Kier alpha value is -1.44. The van der Waals surface area contributed by atoms with Gasteiger partial charge in [-0.1, -0.05) is 29.9 Å². The van der Waals surface area contributed by atoms with E-state index in [9.17, 15) is 9.59 Å². The maximum absolute atomic E-state index is 11.1. The first-order valence-corrected chi connectivity index (χ1v) is 4.35. The quantitative estimate of drug-likeness (QED) is 0.564. The summed E-state index contributed by atoms with van der Waals surface area (Å²) in [5.41, 5.74) is 1.06. The van der Waals surface area contributed by atoms with Crippen LogP contribution in [0.2, 0.25) is 0 Å². The maximum Gasteiger partial charge on any atom is 0.159 e. The maximum atomic E-state index is 11.1. The number of fused-ring (bicyclic) bond motifs is 1. The summed E-state index contributed by atoms with van der Waals surface area (Å²) in [6.07, 6.45) is 10.5. The second-order valence-electron chi connectivity index (χ2n) is 3.37. The van der Waals surface area contributed by atoms with E-state index in [4.69, 9.17) is 0 Å². The molecule has 2 unspecified atom stereocenters. The average Bonchev–Trinajstić information content (AvgIpc) is 2.16. The minimum atomic E-state index is -0.0793. The number of aldehydes is 1. The first-order chi connectivity index (χ1) is 6.31. The number of rotatable bonds is 1. The predicted octanol–water partition coefficient (Wildman–Crippen LogP) is 1.44. The van der Waals surface area contributed by atoms with Crippen molar-refractivity contribution >= 4 is 12.1 Å². The average molecular weight is 174 g/mol. The van der Waals surface area contributed by atoms with E-state index in [1.54, 1.807) is 6.08 Å². The topological polar surface area (TPSA) is 34.1 Å². The molecule has 13 heavy (non-hydrogen) atoms. The number of carbonyl (C=O) groups is 2. The smallest absolute Gasteiger partial charge is 0.159 e. The van der Waals surface area contributed by atoms with Crippen molar-refractivity contribution in [2.24, 2.45) is 11.8 Å². The molecule has 0 N–H and O–H groups in total. The molecule has 2 rings (SSSR count). The Morgan fingerprint density at radius 3 is 3.00 bits per heavy atom. The van der Waals surface area contributed by atoms with E-state index < -0.39 is 0 Å². The molecule has 0 aromatic heterocycles. The van der Waals surface area contributed by atoms with Crippen LogP contribution >= 0.6 is 0 Å². The van der Waals surface area contributed by atoms with Gasteiger partial charge in [0, 0.05) is 18.3 Å². The van der Waals surface area contributed by atoms with Crippen molar-refractivity contribution in [2.75, 3.05) is 0 Å². The molecule has 2 aliphatic carbocycles. The van der Waals surface area contributed by atoms with E-state index in [0.29, 0.717) is 6.42 Å². The molecule has 2 nitrogen and oxygen atoms in total. The Morgan fingerprint density at radius 1 is 1.38 bits per heavy atom. The van der Waals surface area contributed by atoms with E-state index in [1.807, 2.05) is 24.3 Å². The van der Waals surface area contributed by atoms with Crippen LogP contribution in [0.15, 0.2) is 36.0 Å². The molecule has 0 radical (unpaired) electrons. The van der Waals surface area contributed by atoms with Crippen molar-refractivity contribution < 1.29 is 9.59 Å². The van der Waals surface area contributed by atoms with Crippen molar-refractivity contribution in [2.45, 2.75) is 6.42 Å². The summed E-state index contributed by atoms with van der Waals surface area (Å²) in [7, 11) is 0. The molecular weight excluding hydrogens is 164 g/mol. The largest absolute Gasteiger partial charge is 0.303 e. The molecule has 2 heteroatoms. The number of hydrogen-bond acceptors (Lipinski definition) is 2. The fraction of sp³-hybridized carbons (Fsp3) is 0.273. The van der Waals surface area contributed by atoms with E-state index in [1.165, 1.54) is 0 Å². The highest BCUT2D eigenvalue weighted by atomic mass is 16.1. The number of allylic oxidation sites excluding steroid dienone is 6. The van der Waals surface area contributed by atoms with Gasteiger partial charge in [0.05, 0.1) is 0 Å². The molecule has 2 aliphatic rings. The fourth-order valence-electron chi connectivity index (χ4n) is 1.82. The van der Waals surface area contributed by atoms with Gasteiger partial charge < -0.3 is 4.79 Å². The molecule has 0 fully saturated rings. The second kappa shape index (κ2) is 3.13. The highest BCUT2D eigenvalue weighted by molar-refractivity contribution is 5.93. The lowest BCUT2D eigenvalue weighted by Crippen LogP contribution is -2.21. The summed E-state index contributed by atoms with van der Waals surface area (Å²) < 4.78 is 0. The van der Waals surface area contributed by atoms with Gasteiger partial charge in [0.25, 0.3) is 0 Å². The highest BCUT2D eigenvalue weighted by Gasteiger charge is 2.26. The molecular formula is C11H10O2. The van der Waals surface area contributed by atoms with E-state index >= 15 is 0 Å². The van der Waals surface area contributed by atoms with Crippen molar-refractivity contribution in [3.63, 3.8) is 0 Å². The summed E-state index contributed by atoms with van der Waals surface area (Å²) >= 11 is 0. The second-order valence-corrected chi connectivity index (χ2v) is 3.37. The summed E-state index contributed by atoms with van der Waals surface area (Å²) in [4.78, 5) is 21.8. The lowest BCUT2D eigenvalue weighted by molar-refractivity contribution is -0.115. The van der Waals surface area contributed by atoms with Crippen LogP contribution in [0, 0.1) is 11.8 Å². The lowest BCUT2D eigenvalue weighted by Gasteiger charge is -2.25. The molecule has 0 amide bonds. The standard InChI is InChI=1S/C11H10O2/c12-7-9-3-1-2-8-6-10(13)4-5-11(8)9/h1-5,7,9,11H,6H2. The molecule has 66 valence electrons. The Labute approximate surface area is 76.6 Å². The molecule has 0 aromatic rings. The Kier molecular flexibility index (Phi) is 1.97. The van der Waals surface area contributed by atoms with Gasteiger partial charge in [-0.15, -0.1) is 0 Å². The minimum absolute atomic E-state index is 0.0793. The Bertz CT molecular complexity index is 334. The van der Waals surface area contributed by atoms with Crippen molar-refractivity contribution in [1.82, 2.24) is 0 Å². The zero-order valence-corrected chi connectivity index (χ0v) is 7.14. The van der Waals surface area contributed by atoms with Crippen LogP contribution in [0.3, 0.4) is 0 Å². The van der Waals surface area contributed by atoms with Gasteiger partial charge in [-0.05, 0) is 6.08 Å². The number of ketones is 1. The zero-order chi connectivity index (χ0) is 9.26. The Morgan fingerprint density at radius 2 is 2.23 bits per heavy atom. The molecule has 0 aromatic carbocycles. The summed E-state index contributed by atoms with van der Waals surface area (Å²) in [5.74, 6) is 0.173. The summed E-state index contributed by atoms with van der Waals surface area (Å²) in [6.45, 7) is 0. The minimum Gasteiger partial charge on any atom is -0.303 e. The Balaban J connectivity index is 2.34. The summed E-state index contributed by atoms with van der Waals surface area (Å²) in [6, 6.07) is 0. The third kappa shape index (κ3) is 1.39.